The lowest BCUT2D eigenvalue weighted by molar-refractivity contribution is -0.00365. The van der Waals surface area contributed by atoms with Crippen molar-refractivity contribution in [3.63, 3.8) is 0 Å². The molecule has 0 heterocycles. The van der Waals surface area contributed by atoms with Gasteiger partial charge in [0.2, 0.25) is 0 Å². The summed E-state index contributed by atoms with van der Waals surface area (Å²) < 4.78 is 0. The van der Waals surface area contributed by atoms with Crippen molar-refractivity contribution in [1.29, 1.82) is 0 Å². The quantitative estimate of drug-likeness (QED) is 0.681. The van der Waals surface area contributed by atoms with Gasteiger partial charge in [-0.2, -0.15) is 0 Å². The van der Waals surface area contributed by atoms with Gasteiger partial charge in [-0.05, 0) is 73.0 Å². The summed E-state index contributed by atoms with van der Waals surface area (Å²) in [6, 6.07) is 0. The molecule has 0 aliphatic heterocycles. The molecule has 2 heteroatoms. The van der Waals surface area contributed by atoms with E-state index < -0.39 is 0 Å². The van der Waals surface area contributed by atoms with Crippen molar-refractivity contribution in [2.24, 2.45) is 34.5 Å². The highest BCUT2D eigenvalue weighted by Crippen LogP contribution is 2.41. The van der Waals surface area contributed by atoms with Gasteiger partial charge in [-0.15, -0.1) is 0 Å². The second-order valence-electron chi connectivity index (χ2n) is 10.8. The summed E-state index contributed by atoms with van der Waals surface area (Å²) in [7, 11) is 0. The molecule has 0 amide bonds. The molecule has 0 radical (unpaired) electrons. The maximum absolute atomic E-state index is 9.87. The first-order valence-electron chi connectivity index (χ1n) is 10.2. The summed E-state index contributed by atoms with van der Waals surface area (Å²) in [6.45, 7) is 17.9. The number of hydrogen-bond donors (Lipinski definition) is 2. The normalized spacial score (nSPS) is 35.5. The van der Waals surface area contributed by atoms with Crippen LogP contribution in [0.2, 0.25) is 0 Å². The van der Waals surface area contributed by atoms with Gasteiger partial charge in [0.25, 0.3) is 0 Å². The van der Waals surface area contributed by atoms with Crippen LogP contribution in [-0.2, 0) is 0 Å². The molecular formula is C22H44O2. The summed E-state index contributed by atoms with van der Waals surface area (Å²) in [5, 5.41) is 19.7. The fourth-order valence-electron chi connectivity index (χ4n) is 4.69. The number of aliphatic hydroxyl groups is 2. The van der Waals surface area contributed by atoms with Gasteiger partial charge in [-0.1, -0.05) is 55.4 Å². The lowest BCUT2D eigenvalue weighted by atomic mass is 9.68. The predicted molar refractivity (Wildman–Crippen MR) is 104 cm³/mol. The molecule has 0 saturated heterocycles. The minimum atomic E-state index is -0.0613. The van der Waals surface area contributed by atoms with Gasteiger partial charge >= 0.3 is 0 Å². The summed E-state index contributed by atoms with van der Waals surface area (Å²) in [4.78, 5) is 0. The maximum Gasteiger partial charge on any atom is 0.0575 e. The van der Waals surface area contributed by atoms with Crippen LogP contribution in [0.15, 0.2) is 0 Å². The van der Waals surface area contributed by atoms with Gasteiger partial charge < -0.3 is 10.2 Å². The van der Waals surface area contributed by atoms with E-state index in [1.807, 2.05) is 0 Å². The van der Waals surface area contributed by atoms with Crippen LogP contribution >= 0.6 is 0 Å². The van der Waals surface area contributed by atoms with E-state index >= 15 is 0 Å². The van der Waals surface area contributed by atoms with Crippen molar-refractivity contribution in [3.8, 4) is 0 Å². The average molecular weight is 341 g/mol. The van der Waals surface area contributed by atoms with E-state index in [1.54, 1.807) is 0 Å². The van der Waals surface area contributed by atoms with E-state index in [-0.39, 0.29) is 12.2 Å². The van der Waals surface area contributed by atoms with Crippen LogP contribution in [-0.4, -0.2) is 22.4 Å². The zero-order chi connectivity index (χ0) is 18.7. The zero-order valence-corrected chi connectivity index (χ0v) is 17.6. The van der Waals surface area contributed by atoms with Crippen molar-refractivity contribution < 1.29 is 10.2 Å². The largest absolute Gasteiger partial charge is 0.393 e. The first-order chi connectivity index (χ1) is 10.8. The summed E-state index contributed by atoms with van der Waals surface area (Å²) in [5.74, 6) is 2.35. The van der Waals surface area contributed by atoms with Crippen molar-refractivity contribution in [2.75, 3.05) is 0 Å². The molecule has 2 aliphatic rings. The first-order valence-corrected chi connectivity index (χ1v) is 10.2. The smallest absolute Gasteiger partial charge is 0.0575 e. The third-order valence-electron chi connectivity index (χ3n) is 6.53. The molecule has 0 bridgehead atoms. The highest BCUT2D eigenvalue weighted by molar-refractivity contribution is 4.86. The minimum absolute atomic E-state index is 0.0613. The molecule has 2 N–H and O–H groups in total. The van der Waals surface area contributed by atoms with Crippen LogP contribution < -0.4 is 0 Å². The SMILES string of the molecule is CC(C)[C@@H]1CCC(C)(C)C[C@@H]1O.CC(C)[C@H]1CCC(C)(C)C[C@H]1O. The second-order valence-corrected chi connectivity index (χ2v) is 10.8. The van der Waals surface area contributed by atoms with Gasteiger partial charge in [0.1, 0.15) is 0 Å². The lowest BCUT2D eigenvalue weighted by Crippen LogP contribution is -2.36. The second kappa shape index (κ2) is 8.54. The van der Waals surface area contributed by atoms with E-state index in [0.29, 0.717) is 34.5 Å². The summed E-state index contributed by atoms with van der Waals surface area (Å²) in [5.41, 5.74) is 0.732. The highest BCUT2D eigenvalue weighted by atomic mass is 16.3. The van der Waals surface area contributed by atoms with Crippen molar-refractivity contribution >= 4 is 0 Å². The van der Waals surface area contributed by atoms with Gasteiger partial charge in [0.05, 0.1) is 12.2 Å². The zero-order valence-electron chi connectivity index (χ0n) is 17.6. The molecule has 0 aromatic carbocycles. The van der Waals surface area contributed by atoms with Gasteiger partial charge in [0, 0.05) is 0 Å². The van der Waals surface area contributed by atoms with E-state index in [1.165, 1.54) is 25.7 Å². The molecule has 4 atom stereocenters. The predicted octanol–water partition coefficient (Wildman–Crippen LogP) is 5.66. The monoisotopic (exact) mass is 340 g/mol. The molecule has 0 unspecified atom stereocenters. The fourth-order valence-corrected chi connectivity index (χ4v) is 4.69. The summed E-state index contributed by atoms with van der Waals surface area (Å²) in [6.07, 6.45) is 6.78. The molecule has 2 rings (SSSR count). The third-order valence-corrected chi connectivity index (χ3v) is 6.53. The molecule has 2 fully saturated rings. The first kappa shape index (κ1) is 22.0. The maximum atomic E-state index is 9.87. The number of aliphatic hydroxyl groups excluding tert-OH is 2. The van der Waals surface area contributed by atoms with Crippen LogP contribution in [0.1, 0.15) is 93.9 Å². The molecule has 24 heavy (non-hydrogen) atoms. The van der Waals surface area contributed by atoms with Crippen LogP contribution in [0.25, 0.3) is 0 Å². The number of rotatable bonds is 2. The fraction of sp³-hybridized carbons (Fsp3) is 1.00. The Kier molecular flexibility index (Phi) is 7.81. The van der Waals surface area contributed by atoms with Gasteiger partial charge in [0.15, 0.2) is 0 Å². The topological polar surface area (TPSA) is 40.5 Å². The van der Waals surface area contributed by atoms with Gasteiger partial charge in [-0.3, -0.25) is 0 Å². The Morgan fingerprint density at radius 1 is 0.667 bits per heavy atom. The third kappa shape index (κ3) is 6.67. The molecular weight excluding hydrogens is 296 g/mol. The molecule has 0 aromatic rings. The van der Waals surface area contributed by atoms with Crippen LogP contribution in [0.4, 0.5) is 0 Å². The van der Waals surface area contributed by atoms with Crippen molar-refractivity contribution in [1.82, 2.24) is 0 Å². The highest BCUT2D eigenvalue weighted by Gasteiger charge is 2.35. The molecule has 2 aliphatic carbocycles. The molecule has 2 nitrogen and oxygen atoms in total. The Bertz CT molecular complexity index is 334. The number of hydrogen-bond acceptors (Lipinski definition) is 2. The Hall–Kier alpha value is -0.0800. The molecule has 0 spiro atoms. The van der Waals surface area contributed by atoms with E-state index in [9.17, 15) is 10.2 Å². The van der Waals surface area contributed by atoms with E-state index in [4.69, 9.17) is 0 Å². The van der Waals surface area contributed by atoms with Crippen LogP contribution in [0.5, 0.6) is 0 Å². The van der Waals surface area contributed by atoms with Crippen LogP contribution in [0, 0.1) is 34.5 Å². The molecule has 0 aromatic heterocycles. The lowest BCUT2D eigenvalue weighted by Gasteiger charge is -2.40. The van der Waals surface area contributed by atoms with Crippen LogP contribution in [0.3, 0.4) is 0 Å². The van der Waals surface area contributed by atoms with E-state index in [0.717, 1.165) is 12.8 Å². The minimum Gasteiger partial charge on any atom is -0.393 e. The Morgan fingerprint density at radius 2 is 0.958 bits per heavy atom. The Labute approximate surface area is 151 Å². The van der Waals surface area contributed by atoms with Crippen molar-refractivity contribution in [2.45, 2.75) is 106 Å². The molecule has 2 saturated carbocycles. The van der Waals surface area contributed by atoms with Gasteiger partial charge in [-0.25, -0.2) is 0 Å². The Balaban J connectivity index is 0.000000240. The Morgan fingerprint density at radius 3 is 1.17 bits per heavy atom. The van der Waals surface area contributed by atoms with E-state index in [2.05, 4.69) is 55.4 Å². The average Bonchev–Trinajstić information content (AvgIpc) is 2.35. The standard InChI is InChI=1S/2C11H22O/c2*1-8(2)9-5-6-11(3,4)7-10(9)12/h2*8-10,12H,5-7H2,1-4H3/t2*9-,10-/m10/s1. The molecule has 144 valence electrons. The van der Waals surface area contributed by atoms with Crippen molar-refractivity contribution in [3.05, 3.63) is 0 Å². The summed E-state index contributed by atoms with van der Waals surface area (Å²) >= 11 is 0.